The van der Waals surface area contributed by atoms with Crippen molar-refractivity contribution in [3.05, 3.63) is 29.8 Å². The average Bonchev–Trinajstić information content (AvgIpc) is 2.46. The van der Waals surface area contributed by atoms with Crippen LogP contribution < -0.4 is 4.72 Å². The van der Waals surface area contributed by atoms with Gasteiger partial charge in [-0.15, -0.1) is 0 Å². The molecule has 1 aromatic carbocycles. The zero-order chi connectivity index (χ0) is 15.5. The molecule has 2 N–H and O–H groups in total. The van der Waals surface area contributed by atoms with Gasteiger partial charge >= 0.3 is 0 Å². The van der Waals surface area contributed by atoms with Gasteiger partial charge in [-0.05, 0) is 42.4 Å². The van der Waals surface area contributed by atoms with Gasteiger partial charge in [0.2, 0.25) is 0 Å². The van der Waals surface area contributed by atoms with Gasteiger partial charge in [-0.2, -0.15) is 12.7 Å². The fourth-order valence-electron chi connectivity index (χ4n) is 2.54. The van der Waals surface area contributed by atoms with E-state index >= 15 is 0 Å². The summed E-state index contributed by atoms with van der Waals surface area (Å²) < 4.78 is 28.5. The number of benzene rings is 1. The smallest absolute Gasteiger partial charge is 0.279 e. The molecule has 0 aromatic heterocycles. The van der Waals surface area contributed by atoms with Gasteiger partial charge in [-0.1, -0.05) is 26.0 Å². The van der Waals surface area contributed by atoms with Crippen LogP contribution in [0.4, 0.5) is 0 Å². The molecule has 0 radical (unpaired) electrons. The van der Waals surface area contributed by atoms with Crippen molar-refractivity contribution in [3.63, 3.8) is 0 Å². The Morgan fingerprint density at radius 3 is 2.33 bits per heavy atom. The predicted octanol–water partition coefficient (Wildman–Crippen LogP) is 2.06. The third-order valence-electron chi connectivity index (χ3n) is 3.83. The number of nitrogens with one attached hydrogen (secondary N) is 1. The normalized spacial score (nSPS) is 18.2. The summed E-state index contributed by atoms with van der Waals surface area (Å²) in [6, 6.07) is 7.20. The summed E-state index contributed by atoms with van der Waals surface area (Å²) in [5.41, 5.74) is 1.17. The molecular weight excluding hydrogens is 288 g/mol. The van der Waals surface area contributed by atoms with E-state index < -0.39 is 10.2 Å². The Labute approximate surface area is 127 Å². The van der Waals surface area contributed by atoms with Crippen LogP contribution in [0.1, 0.15) is 38.2 Å². The maximum Gasteiger partial charge on any atom is 0.279 e. The first-order valence-electron chi connectivity index (χ1n) is 7.42. The van der Waals surface area contributed by atoms with Crippen LogP contribution in [0.15, 0.2) is 24.3 Å². The van der Waals surface area contributed by atoms with E-state index in [9.17, 15) is 13.5 Å². The maximum atomic E-state index is 12.2. The van der Waals surface area contributed by atoms with E-state index in [1.807, 2.05) is 26.0 Å². The summed E-state index contributed by atoms with van der Waals surface area (Å²) >= 11 is 0. The first kappa shape index (κ1) is 16.3. The molecule has 21 heavy (non-hydrogen) atoms. The van der Waals surface area contributed by atoms with E-state index in [0.29, 0.717) is 31.5 Å². The highest BCUT2D eigenvalue weighted by molar-refractivity contribution is 7.87. The number of aromatic hydroxyl groups is 1. The second kappa shape index (κ2) is 6.77. The molecule has 0 aliphatic carbocycles. The Kier molecular flexibility index (Phi) is 5.24. The van der Waals surface area contributed by atoms with Crippen molar-refractivity contribution in [2.45, 2.75) is 32.6 Å². The molecule has 1 aromatic rings. The van der Waals surface area contributed by atoms with E-state index in [1.54, 1.807) is 12.1 Å². The molecular formula is C15H24N2O3S. The van der Waals surface area contributed by atoms with Gasteiger partial charge in [0.1, 0.15) is 5.75 Å². The van der Waals surface area contributed by atoms with Crippen molar-refractivity contribution in [3.8, 4) is 5.75 Å². The summed E-state index contributed by atoms with van der Waals surface area (Å²) in [7, 11) is -3.35. The molecule has 0 unspecified atom stereocenters. The SMILES string of the molecule is CC(C)CNS(=O)(=O)N1CCC(c2ccc(O)cc2)CC1. The fourth-order valence-corrected chi connectivity index (χ4v) is 3.96. The minimum atomic E-state index is -3.35. The number of phenolic OH excluding ortho intramolecular Hbond substituents is 1. The molecule has 0 spiro atoms. The highest BCUT2D eigenvalue weighted by Gasteiger charge is 2.28. The number of piperidine rings is 1. The zero-order valence-corrected chi connectivity index (χ0v) is 13.4. The second-order valence-corrected chi connectivity index (χ2v) is 7.77. The summed E-state index contributed by atoms with van der Waals surface area (Å²) in [6.45, 7) is 5.53. The summed E-state index contributed by atoms with van der Waals surface area (Å²) in [4.78, 5) is 0. The van der Waals surface area contributed by atoms with Gasteiger partial charge in [0.25, 0.3) is 10.2 Å². The third kappa shape index (κ3) is 4.43. The minimum Gasteiger partial charge on any atom is -0.508 e. The quantitative estimate of drug-likeness (QED) is 0.874. The fraction of sp³-hybridized carbons (Fsp3) is 0.600. The van der Waals surface area contributed by atoms with Gasteiger partial charge in [-0.3, -0.25) is 0 Å². The van der Waals surface area contributed by atoms with Crippen LogP contribution in [-0.4, -0.2) is 37.5 Å². The second-order valence-electron chi connectivity index (χ2n) is 6.01. The zero-order valence-electron chi connectivity index (χ0n) is 12.6. The standard InChI is InChI=1S/C15H24N2O3S/c1-12(2)11-16-21(19,20)17-9-7-14(8-10-17)13-3-5-15(18)6-4-13/h3-6,12,14,16,18H,7-11H2,1-2H3. The molecule has 6 heteroatoms. The number of hydrogen-bond donors (Lipinski definition) is 2. The Morgan fingerprint density at radius 1 is 1.24 bits per heavy atom. The highest BCUT2D eigenvalue weighted by Crippen LogP contribution is 2.29. The lowest BCUT2D eigenvalue weighted by molar-refractivity contribution is 0.314. The van der Waals surface area contributed by atoms with E-state index in [2.05, 4.69) is 4.72 Å². The van der Waals surface area contributed by atoms with Crippen LogP contribution in [0.25, 0.3) is 0 Å². The number of nitrogens with zero attached hydrogens (tertiary/aromatic N) is 1. The van der Waals surface area contributed by atoms with Gasteiger partial charge in [0.15, 0.2) is 0 Å². The highest BCUT2D eigenvalue weighted by atomic mass is 32.2. The van der Waals surface area contributed by atoms with Crippen LogP contribution >= 0.6 is 0 Å². The van der Waals surface area contributed by atoms with Gasteiger partial charge in [0, 0.05) is 19.6 Å². The third-order valence-corrected chi connectivity index (χ3v) is 5.41. The van der Waals surface area contributed by atoms with E-state index in [-0.39, 0.29) is 5.75 Å². The molecule has 0 saturated carbocycles. The number of rotatable bonds is 5. The first-order chi connectivity index (χ1) is 9.88. The topological polar surface area (TPSA) is 69.6 Å². The maximum absolute atomic E-state index is 12.2. The van der Waals surface area contributed by atoms with Crippen molar-refractivity contribution in [1.82, 2.24) is 9.03 Å². The molecule has 0 bridgehead atoms. The molecule has 1 fully saturated rings. The van der Waals surface area contributed by atoms with Gasteiger partial charge < -0.3 is 5.11 Å². The molecule has 2 rings (SSSR count). The van der Waals surface area contributed by atoms with Gasteiger partial charge in [0.05, 0.1) is 0 Å². The van der Waals surface area contributed by atoms with Crippen molar-refractivity contribution in [2.24, 2.45) is 5.92 Å². The molecule has 0 amide bonds. The summed E-state index contributed by atoms with van der Waals surface area (Å²) in [5, 5.41) is 9.31. The lowest BCUT2D eigenvalue weighted by Gasteiger charge is -2.31. The van der Waals surface area contributed by atoms with Crippen molar-refractivity contribution >= 4 is 10.2 Å². The monoisotopic (exact) mass is 312 g/mol. The van der Waals surface area contributed by atoms with Crippen LogP contribution in [-0.2, 0) is 10.2 Å². The molecule has 0 atom stereocenters. The Morgan fingerprint density at radius 2 is 1.81 bits per heavy atom. The average molecular weight is 312 g/mol. The van der Waals surface area contributed by atoms with Gasteiger partial charge in [-0.25, -0.2) is 4.72 Å². The van der Waals surface area contributed by atoms with E-state index in [0.717, 1.165) is 12.8 Å². The van der Waals surface area contributed by atoms with Crippen LogP contribution in [0.3, 0.4) is 0 Å². The Hall–Kier alpha value is -1.11. The van der Waals surface area contributed by atoms with Crippen molar-refractivity contribution in [1.29, 1.82) is 0 Å². The first-order valence-corrected chi connectivity index (χ1v) is 8.86. The lowest BCUT2D eigenvalue weighted by atomic mass is 9.90. The Balaban J connectivity index is 1.92. The molecule has 1 aliphatic heterocycles. The minimum absolute atomic E-state index is 0.261. The largest absolute Gasteiger partial charge is 0.508 e. The van der Waals surface area contributed by atoms with Crippen molar-refractivity contribution < 1.29 is 13.5 Å². The summed E-state index contributed by atoms with van der Waals surface area (Å²) in [5.74, 6) is 0.924. The van der Waals surface area contributed by atoms with Crippen LogP contribution in [0.5, 0.6) is 5.75 Å². The van der Waals surface area contributed by atoms with Crippen LogP contribution in [0.2, 0.25) is 0 Å². The molecule has 1 saturated heterocycles. The lowest BCUT2D eigenvalue weighted by Crippen LogP contribution is -2.45. The van der Waals surface area contributed by atoms with E-state index in [4.69, 9.17) is 0 Å². The van der Waals surface area contributed by atoms with Crippen molar-refractivity contribution in [2.75, 3.05) is 19.6 Å². The molecule has 1 heterocycles. The molecule has 118 valence electrons. The number of hydrogen-bond acceptors (Lipinski definition) is 3. The van der Waals surface area contributed by atoms with Crippen LogP contribution in [0, 0.1) is 5.92 Å². The molecule has 1 aliphatic rings. The van der Waals surface area contributed by atoms with E-state index in [1.165, 1.54) is 9.87 Å². The summed E-state index contributed by atoms with van der Waals surface area (Å²) in [6.07, 6.45) is 1.63. The number of phenols is 1. The predicted molar refractivity (Wildman–Crippen MR) is 83.4 cm³/mol. The Bertz CT molecular complexity index is 547. The molecule has 5 nitrogen and oxygen atoms in total.